The molecule has 3 N–H and O–H groups in total. The van der Waals surface area contributed by atoms with E-state index in [1.165, 1.54) is 43.6 Å². The second-order valence-corrected chi connectivity index (χ2v) is 5.86. The zero-order chi connectivity index (χ0) is 20.0. The fourth-order valence-corrected chi connectivity index (χ4v) is 2.56. The largest absolute Gasteiger partial charge is 0.404 e. The van der Waals surface area contributed by atoms with Gasteiger partial charge >= 0.3 is 0 Å². The number of aromatic nitrogens is 1. The molecule has 0 aliphatic carbocycles. The van der Waals surface area contributed by atoms with Crippen molar-refractivity contribution in [1.82, 2.24) is 4.98 Å². The van der Waals surface area contributed by atoms with Crippen LogP contribution < -0.4 is 5.73 Å². The lowest BCUT2D eigenvalue weighted by molar-refractivity contribution is 0.159. The van der Waals surface area contributed by atoms with Crippen molar-refractivity contribution < 1.29 is 22.7 Å². The highest BCUT2D eigenvalue weighted by molar-refractivity contribution is 5.80. The summed E-state index contributed by atoms with van der Waals surface area (Å²) in [6.07, 6.45) is -0.0632. The van der Waals surface area contributed by atoms with Crippen molar-refractivity contribution in [2.24, 2.45) is 10.7 Å². The van der Waals surface area contributed by atoms with Crippen molar-refractivity contribution in [2.45, 2.75) is 25.9 Å². The maximum absolute atomic E-state index is 13.8. The number of halogens is 4. The molecule has 1 atom stereocenters. The number of alkyl halides is 2. The summed E-state index contributed by atoms with van der Waals surface area (Å²) >= 11 is 0. The molecule has 1 aromatic carbocycles. The molecule has 2 rings (SSSR count). The number of nitrogens with zero attached hydrogens (tertiary/aromatic N) is 2. The van der Waals surface area contributed by atoms with Crippen LogP contribution in [0.2, 0.25) is 0 Å². The molecule has 0 saturated heterocycles. The zero-order valence-electron chi connectivity index (χ0n) is 14.5. The number of nitrogens with two attached hydrogens (primary N) is 1. The molecule has 27 heavy (non-hydrogen) atoms. The van der Waals surface area contributed by atoms with Crippen molar-refractivity contribution in [1.29, 1.82) is 0 Å². The van der Waals surface area contributed by atoms with E-state index in [1.54, 1.807) is 0 Å². The third kappa shape index (κ3) is 5.62. The van der Waals surface area contributed by atoms with Gasteiger partial charge in [-0.3, -0.25) is 9.98 Å². The first kappa shape index (κ1) is 20.6. The van der Waals surface area contributed by atoms with Gasteiger partial charge in [0.2, 0.25) is 0 Å². The summed E-state index contributed by atoms with van der Waals surface area (Å²) in [5.74, 6) is -1.15. The van der Waals surface area contributed by atoms with Gasteiger partial charge in [-0.1, -0.05) is 6.07 Å². The highest BCUT2D eigenvalue weighted by atomic mass is 19.3. The Bertz CT molecular complexity index is 851. The summed E-state index contributed by atoms with van der Waals surface area (Å²) in [5.41, 5.74) is 7.32. The van der Waals surface area contributed by atoms with Crippen LogP contribution in [0.4, 0.5) is 17.6 Å². The van der Waals surface area contributed by atoms with Crippen LogP contribution in [0.15, 0.2) is 47.2 Å². The maximum Gasteiger partial charge on any atom is 0.257 e. The molecule has 0 unspecified atom stereocenters. The van der Waals surface area contributed by atoms with E-state index in [-0.39, 0.29) is 12.0 Å². The minimum atomic E-state index is -2.58. The lowest BCUT2D eigenvalue weighted by atomic mass is 9.93. The zero-order valence-corrected chi connectivity index (χ0v) is 14.5. The van der Waals surface area contributed by atoms with E-state index in [1.807, 2.05) is 0 Å². The van der Waals surface area contributed by atoms with Gasteiger partial charge in [0.25, 0.3) is 6.43 Å². The van der Waals surface area contributed by atoms with Crippen molar-refractivity contribution in [2.75, 3.05) is 6.54 Å². The number of aliphatic imine (C=N–C) groups is 1. The Hall–Kier alpha value is -2.74. The molecule has 0 fully saturated rings. The number of benzene rings is 1. The predicted octanol–water partition coefficient (Wildman–Crippen LogP) is 3.80. The highest BCUT2D eigenvalue weighted by Gasteiger charge is 2.16. The second-order valence-electron chi connectivity index (χ2n) is 5.86. The number of allylic oxidation sites excluding steroid dienone is 1. The van der Waals surface area contributed by atoms with Crippen molar-refractivity contribution >= 4 is 6.21 Å². The monoisotopic (exact) mass is 381 g/mol. The van der Waals surface area contributed by atoms with Gasteiger partial charge in [0, 0.05) is 18.2 Å². The molecule has 0 aliphatic rings. The van der Waals surface area contributed by atoms with E-state index in [0.717, 1.165) is 6.20 Å². The summed E-state index contributed by atoms with van der Waals surface area (Å²) in [5, 5.41) is 9.94. The summed E-state index contributed by atoms with van der Waals surface area (Å²) in [7, 11) is 0. The molecular weight excluding hydrogens is 362 g/mol. The first-order valence-corrected chi connectivity index (χ1v) is 8.12. The molecule has 8 heteroatoms. The van der Waals surface area contributed by atoms with Gasteiger partial charge in [-0.05, 0) is 48.0 Å². The number of hydrogen-bond donors (Lipinski definition) is 2. The number of hydrogen-bond acceptors (Lipinski definition) is 4. The van der Waals surface area contributed by atoms with E-state index in [4.69, 9.17) is 5.73 Å². The Morgan fingerprint density at radius 3 is 2.59 bits per heavy atom. The Morgan fingerprint density at radius 2 is 1.96 bits per heavy atom. The van der Waals surface area contributed by atoms with Crippen LogP contribution in [-0.2, 0) is 6.42 Å². The quantitative estimate of drug-likeness (QED) is 0.566. The lowest BCUT2D eigenvalue weighted by Crippen LogP contribution is -2.05. The Balaban J connectivity index is 2.45. The molecule has 1 aromatic heterocycles. The standard InChI is InChI=1S/C19H19F4N3O/c1-11(27)16-5-13(20)2-3-15(16)17-6-14(21)9-26-18(17)4-12(7-24)8-25-10-19(22)23/h2-3,5-9,11,19,27H,4,10,24H2,1H3/t11-/m1/s1. The van der Waals surface area contributed by atoms with Crippen LogP contribution in [0, 0.1) is 11.6 Å². The van der Waals surface area contributed by atoms with Gasteiger partial charge in [-0.25, -0.2) is 17.6 Å². The Labute approximate surface area is 154 Å². The molecular formula is C19H19F4N3O. The van der Waals surface area contributed by atoms with Gasteiger partial charge in [0.1, 0.15) is 11.6 Å². The van der Waals surface area contributed by atoms with Gasteiger partial charge in [0.05, 0.1) is 24.5 Å². The first-order valence-electron chi connectivity index (χ1n) is 8.12. The summed E-state index contributed by atoms with van der Waals surface area (Å²) in [6.45, 7) is 0.804. The van der Waals surface area contributed by atoms with Crippen molar-refractivity contribution in [3.8, 4) is 11.1 Å². The summed E-state index contributed by atoms with van der Waals surface area (Å²) in [6, 6.07) is 5.00. The normalized spacial score (nSPS) is 13.5. The average Bonchev–Trinajstić information content (AvgIpc) is 2.61. The van der Waals surface area contributed by atoms with Crippen LogP contribution in [0.1, 0.15) is 24.3 Å². The molecule has 0 radical (unpaired) electrons. The number of aliphatic hydroxyl groups is 1. The minimum absolute atomic E-state index is 0.0927. The van der Waals surface area contributed by atoms with Gasteiger partial charge in [-0.2, -0.15) is 0 Å². The molecule has 0 aliphatic heterocycles. The van der Waals surface area contributed by atoms with Crippen LogP contribution in [-0.4, -0.2) is 29.3 Å². The molecule has 0 amide bonds. The second kappa shape index (κ2) is 9.27. The number of pyridine rings is 1. The van der Waals surface area contributed by atoms with Crippen molar-refractivity contribution in [3.05, 3.63) is 65.1 Å². The third-order valence-corrected chi connectivity index (χ3v) is 3.78. The van der Waals surface area contributed by atoms with E-state index in [2.05, 4.69) is 9.98 Å². The lowest BCUT2D eigenvalue weighted by Gasteiger charge is -2.15. The molecule has 4 nitrogen and oxygen atoms in total. The van der Waals surface area contributed by atoms with Gasteiger partial charge in [0.15, 0.2) is 0 Å². The fraction of sp³-hybridized carbons (Fsp3) is 0.263. The molecule has 144 valence electrons. The van der Waals surface area contributed by atoms with Crippen LogP contribution in [0.5, 0.6) is 0 Å². The SMILES string of the molecule is C[C@@H](O)c1cc(F)ccc1-c1cc(F)cnc1CC(C=NCC(F)F)=CN. The van der Waals surface area contributed by atoms with Gasteiger partial charge < -0.3 is 10.8 Å². The summed E-state index contributed by atoms with van der Waals surface area (Å²) in [4.78, 5) is 7.65. The minimum Gasteiger partial charge on any atom is -0.404 e. The topological polar surface area (TPSA) is 71.5 Å². The average molecular weight is 381 g/mol. The molecule has 2 aromatic rings. The number of aliphatic hydroxyl groups excluding tert-OH is 1. The molecule has 1 heterocycles. The predicted molar refractivity (Wildman–Crippen MR) is 95.6 cm³/mol. The Kier molecular flexibility index (Phi) is 7.06. The van der Waals surface area contributed by atoms with Gasteiger partial charge in [-0.15, -0.1) is 0 Å². The number of rotatable bonds is 7. The summed E-state index contributed by atoms with van der Waals surface area (Å²) < 4.78 is 51.8. The molecule has 0 spiro atoms. The smallest absolute Gasteiger partial charge is 0.257 e. The van der Waals surface area contributed by atoms with E-state index in [9.17, 15) is 22.7 Å². The van der Waals surface area contributed by atoms with E-state index >= 15 is 0 Å². The van der Waals surface area contributed by atoms with Crippen LogP contribution in [0.3, 0.4) is 0 Å². The molecule has 0 saturated carbocycles. The Morgan fingerprint density at radius 1 is 1.22 bits per heavy atom. The maximum atomic E-state index is 13.8. The van der Waals surface area contributed by atoms with Crippen molar-refractivity contribution in [3.63, 3.8) is 0 Å². The van der Waals surface area contributed by atoms with E-state index < -0.39 is 30.7 Å². The highest BCUT2D eigenvalue weighted by Crippen LogP contribution is 2.32. The van der Waals surface area contributed by atoms with Crippen LogP contribution >= 0.6 is 0 Å². The van der Waals surface area contributed by atoms with E-state index in [0.29, 0.717) is 22.4 Å². The van der Waals surface area contributed by atoms with Crippen LogP contribution in [0.25, 0.3) is 11.1 Å². The third-order valence-electron chi connectivity index (χ3n) is 3.78. The first-order chi connectivity index (χ1) is 12.8. The fourth-order valence-electron chi connectivity index (χ4n) is 2.56. The molecule has 0 bridgehead atoms.